The third kappa shape index (κ3) is 37.4. The summed E-state index contributed by atoms with van der Waals surface area (Å²) in [5.41, 5.74) is 1.75. The molecule has 0 aliphatic rings. The molecule has 0 aromatic carbocycles. The van der Waals surface area contributed by atoms with Crippen molar-refractivity contribution in [2.24, 2.45) is 39.9 Å². The maximum absolute atomic E-state index is 6.77. The van der Waals surface area contributed by atoms with Crippen LogP contribution in [0, 0.1) is 39.9 Å². The average Bonchev–Trinajstić information content (AvgIpc) is 3.22. The first-order valence-corrected chi connectivity index (χ1v) is 33.1. The molecular weight excluding hydrogens is 749 g/mol. The van der Waals surface area contributed by atoms with Crippen molar-refractivity contribution in [2.45, 2.75) is 305 Å². The topological polar surface area (TPSA) is 18.5 Å². The van der Waals surface area contributed by atoms with Crippen molar-refractivity contribution in [1.29, 1.82) is 0 Å². The summed E-state index contributed by atoms with van der Waals surface area (Å²) in [6.45, 7) is 57.6. The number of ether oxygens (including phenoxy) is 1. The van der Waals surface area contributed by atoms with Crippen LogP contribution in [0.5, 0.6) is 0 Å². The minimum Gasteiger partial charge on any atom is -0.455 e. The highest BCUT2D eigenvalue weighted by atomic mass is 28.4. The van der Waals surface area contributed by atoms with Crippen molar-refractivity contribution in [2.75, 3.05) is 13.2 Å². The van der Waals surface area contributed by atoms with Crippen molar-refractivity contribution < 1.29 is 8.85 Å². The number of rotatable bonds is 30. The molecule has 59 heavy (non-hydrogen) atoms. The smallest absolute Gasteiger partial charge is 0.173 e. The first-order chi connectivity index (χ1) is 27.6. The van der Waals surface area contributed by atoms with Crippen molar-refractivity contribution in [1.82, 2.24) is 0 Å². The Morgan fingerprint density at radius 1 is 0.424 bits per heavy atom. The highest BCUT2D eigenvalue weighted by Crippen LogP contribution is 2.34. The Bertz CT molecular complexity index is 751. The normalized spacial score (nSPS) is 13.3. The second kappa shape index (κ2) is 41.1. The van der Waals surface area contributed by atoms with Gasteiger partial charge in [0, 0.05) is 6.61 Å². The van der Waals surface area contributed by atoms with E-state index < -0.39 is 16.6 Å². The lowest BCUT2D eigenvalue weighted by molar-refractivity contribution is 0.0356. The summed E-state index contributed by atoms with van der Waals surface area (Å²) in [6.07, 6.45) is 26.4. The van der Waals surface area contributed by atoms with Crippen LogP contribution in [0.4, 0.5) is 0 Å². The molecule has 0 N–H and O–H groups in total. The Hall–Kier alpha value is 0.354. The molecule has 0 aliphatic heterocycles. The molecule has 0 heterocycles. The molecule has 2 nitrogen and oxygen atoms in total. The Kier molecular flexibility index (Phi) is 47.6. The molecule has 0 saturated heterocycles. The summed E-state index contributed by atoms with van der Waals surface area (Å²) < 4.78 is 12.4. The van der Waals surface area contributed by atoms with Crippen LogP contribution in [0.2, 0.25) is 38.3 Å². The Labute approximate surface area is 382 Å². The van der Waals surface area contributed by atoms with E-state index in [1.165, 1.54) is 134 Å². The zero-order valence-corrected chi connectivity index (χ0v) is 48.6. The predicted molar refractivity (Wildman–Crippen MR) is 284 cm³/mol. The summed E-state index contributed by atoms with van der Waals surface area (Å²) in [4.78, 5) is 0. The Balaban J connectivity index is -0.000000214. The van der Waals surface area contributed by atoms with Crippen molar-refractivity contribution in [3.8, 4) is 0 Å². The fraction of sp³-hybridized carbons (Fsp3) is 1.00. The van der Waals surface area contributed by atoms with Crippen LogP contribution in [0.3, 0.4) is 0 Å². The first kappa shape index (κ1) is 68.4. The van der Waals surface area contributed by atoms with Gasteiger partial charge in [-0.3, -0.25) is 0 Å². The van der Waals surface area contributed by atoms with E-state index in [4.69, 9.17) is 8.85 Å². The summed E-state index contributed by atoms with van der Waals surface area (Å²) in [7, 11) is -2.95. The van der Waals surface area contributed by atoms with E-state index in [0.717, 1.165) is 43.3 Å². The highest BCUT2D eigenvalue weighted by Gasteiger charge is 2.35. The molecule has 0 saturated carbocycles. The van der Waals surface area contributed by atoms with Crippen LogP contribution >= 0.6 is 0 Å². The molecule has 0 spiro atoms. The molecule has 2 unspecified atom stereocenters. The van der Waals surface area contributed by atoms with Crippen LogP contribution in [0.1, 0.15) is 267 Å². The summed E-state index contributed by atoms with van der Waals surface area (Å²) in [5.74, 6) is 3.64. The van der Waals surface area contributed by atoms with E-state index >= 15 is 0 Å². The molecule has 364 valence electrons. The van der Waals surface area contributed by atoms with Gasteiger partial charge in [-0.15, -0.1) is 0 Å². The van der Waals surface area contributed by atoms with Gasteiger partial charge >= 0.3 is 0 Å². The third-order valence-electron chi connectivity index (χ3n) is 15.4. The lowest BCUT2D eigenvalue weighted by atomic mass is 9.78. The van der Waals surface area contributed by atoms with Gasteiger partial charge < -0.3 is 8.85 Å². The van der Waals surface area contributed by atoms with Crippen LogP contribution in [0.15, 0.2) is 0 Å². The number of hydrogen-bond donors (Lipinski definition) is 0. The van der Waals surface area contributed by atoms with Crippen LogP contribution in [-0.4, -0.2) is 29.8 Å². The van der Waals surface area contributed by atoms with Crippen LogP contribution in [0.25, 0.3) is 0 Å². The number of hydrogen-bond acceptors (Lipinski definition) is 2. The van der Waals surface area contributed by atoms with E-state index in [1.54, 1.807) is 0 Å². The third-order valence-corrected chi connectivity index (χ3v) is 22.9. The quantitative estimate of drug-likeness (QED) is 0.0529. The molecule has 0 radical (unpaired) electrons. The highest BCUT2D eigenvalue weighted by molar-refractivity contribution is 6.84. The first-order valence-electron chi connectivity index (χ1n) is 26.8. The van der Waals surface area contributed by atoms with Gasteiger partial charge in [0.15, 0.2) is 16.6 Å². The monoisotopic (exact) mass is 873 g/mol. The minimum absolute atomic E-state index is 0.454. The fourth-order valence-corrected chi connectivity index (χ4v) is 19.6. The summed E-state index contributed by atoms with van der Waals surface area (Å²) >= 11 is 0. The Morgan fingerprint density at radius 3 is 0.915 bits per heavy atom. The molecule has 0 aromatic heterocycles. The van der Waals surface area contributed by atoms with E-state index in [-0.39, 0.29) is 0 Å². The molecule has 0 rings (SSSR count). The average molecular weight is 874 g/mol. The van der Waals surface area contributed by atoms with Gasteiger partial charge in [-0.05, 0) is 110 Å². The zero-order chi connectivity index (χ0) is 47.2. The van der Waals surface area contributed by atoms with Gasteiger partial charge in [0.1, 0.15) is 0 Å². The van der Waals surface area contributed by atoms with Crippen molar-refractivity contribution in [3.05, 3.63) is 0 Å². The lowest BCUT2D eigenvalue weighted by Crippen LogP contribution is -2.46. The summed E-state index contributed by atoms with van der Waals surface area (Å²) in [6, 6.07) is 2.69. The molecule has 0 aromatic rings. The maximum atomic E-state index is 6.77. The fourth-order valence-electron chi connectivity index (χ4n) is 9.02. The molecule has 0 aliphatic carbocycles. The van der Waals surface area contributed by atoms with Crippen molar-refractivity contribution >= 4 is 16.6 Å². The molecule has 4 heteroatoms. The second-order valence-electron chi connectivity index (χ2n) is 20.8. The van der Waals surface area contributed by atoms with E-state index in [2.05, 4.69) is 165 Å². The van der Waals surface area contributed by atoms with Gasteiger partial charge in [0.2, 0.25) is 0 Å². The second-order valence-corrected chi connectivity index (χ2v) is 29.5. The van der Waals surface area contributed by atoms with E-state index in [1.807, 2.05) is 0 Å². The van der Waals surface area contributed by atoms with Gasteiger partial charge in [0.05, 0.1) is 6.61 Å². The van der Waals surface area contributed by atoms with Crippen LogP contribution in [-0.2, 0) is 8.85 Å². The van der Waals surface area contributed by atoms with Gasteiger partial charge in [-0.1, -0.05) is 235 Å². The molecule has 2 atom stereocenters. The maximum Gasteiger partial charge on any atom is 0.173 e. The summed E-state index contributed by atoms with van der Waals surface area (Å²) in [5, 5.41) is 0. The van der Waals surface area contributed by atoms with Gasteiger partial charge in [-0.2, -0.15) is 0 Å². The van der Waals surface area contributed by atoms with Gasteiger partial charge in [-0.25, -0.2) is 0 Å². The standard InChI is InChI=1S/C16H38OSi2.C11H24O.C11H24.C9H20.C8H18/c1-9-15(10-2)13-18(5,6)17-19(7,8)14-16(11-3)12-4;1-5-9-12-10-11(6-2,7-3)8-4;1-5-7-10(3)9-11(4)8-6-2;1-5-9(6-2,7-3)8-4;1-5-8(4,6-2)7-3/h15-16H,9-14H2,1-8H3;5-10H2,1-4H3;10-11H,5-9H2,1-4H3;5-8H2,1-4H3;5-7H2,1-4H3. The molecule has 0 bridgehead atoms. The zero-order valence-electron chi connectivity index (χ0n) is 46.6. The van der Waals surface area contributed by atoms with Crippen molar-refractivity contribution in [3.63, 3.8) is 0 Å². The molecular formula is C55H124O2Si2. The van der Waals surface area contributed by atoms with Crippen LogP contribution < -0.4 is 0 Å². The van der Waals surface area contributed by atoms with Gasteiger partial charge in [0.25, 0.3) is 0 Å². The SMILES string of the molecule is CCC(C)(CC)CC.CCC(CC)(CC)CC.CCC(CC)C[Si](C)(C)O[Si](C)(C)CC(CC)CC.CCCC(C)CC(C)CCC.CCCOCC(CC)(CC)CC. The van der Waals surface area contributed by atoms with E-state index in [0.29, 0.717) is 16.2 Å². The lowest BCUT2D eigenvalue weighted by Gasteiger charge is -2.37. The Morgan fingerprint density at radius 2 is 0.729 bits per heavy atom. The molecule has 0 amide bonds. The van der Waals surface area contributed by atoms with E-state index in [9.17, 15) is 0 Å². The predicted octanol–water partition coefficient (Wildman–Crippen LogP) is 21.0. The largest absolute Gasteiger partial charge is 0.455 e. The minimum atomic E-state index is -1.47. The molecule has 0 fully saturated rings.